The highest BCUT2D eigenvalue weighted by atomic mass is 15.2. The van der Waals surface area contributed by atoms with Crippen LogP contribution in [0.15, 0.2) is 60.3 Å². The summed E-state index contributed by atoms with van der Waals surface area (Å²) in [7, 11) is 2.21. The molecular formula is C26H33N2+. The molecular weight excluding hydrogens is 340 g/mol. The standard InChI is InChI=1S/C26H33N2/c1-7-8-17-28-22-16-12-10-14-20(22)26(4,5)24(28)18-23-25(2,3)19-13-9-11-15-21(19)27(23)6/h9-16,18H,7-8,17H2,1-6H3/q+1. The molecule has 0 N–H and O–H groups in total. The van der Waals surface area contributed by atoms with E-state index in [1.165, 1.54) is 46.8 Å². The van der Waals surface area contributed by atoms with E-state index in [2.05, 4.69) is 106 Å². The van der Waals surface area contributed by atoms with Crippen LogP contribution < -0.4 is 4.90 Å². The van der Waals surface area contributed by atoms with E-state index >= 15 is 0 Å². The van der Waals surface area contributed by atoms with Gasteiger partial charge in [0.25, 0.3) is 0 Å². The first kappa shape index (κ1) is 19.0. The number of rotatable bonds is 4. The number of unbranched alkanes of at least 4 members (excludes halogenated alkanes) is 1. The van der Waals surface area contributed by atoms with E-state index < -0.39 is 0 Å². The molecule has 0 aromatic heterocycles. The Hall–Kier alpha value is -2.35. The average Bonchev–Trinajstić information content (AvgIpc) is 3.01. The number of anilines is 1. The molecule has 2 aromatic carbocycles. The maximum Gasteiger partial charge on any atom is 0.209 e. The molecule has 146 valence electrons. The first-order valence-electron chi connectivity index (χ1n) is 10.6. The third kappa shape index (κ3) is 2.65. The molecule has 0 saturated carbocycles. The van der Waals surface area contributed by atoms with Crippen molar-refractivity contribution in [3.8, 4) is 0 Å². The van der Waals surface area contributed by atoms with Gasteiger partial charge in [0, 0.05) is 41.1 Å². The lowest BCUT2D eigenvalue weighted by Gasteiger charge is -2.28. The van der Waals surface area contributed by atoms with Crippen LogP contribution in [0.3, 0.4) is 0 Å². The molecule has 4 rings (SSSR count). The molecule has 0 amide bonds. The highest BCUT2D eigenvalue weighted by Gasteiger charge is 2.46. The number of hydrogen-bond acceptors (Lipinski definition) is 1. The quantitative estimate of drug-likeness (QED) is 0.581. The molecule has 0 bridgehead atoms. The smallest absolute Gasteiger partial charge is 0.209 e. The lowest BCUT2D eigenvalue weighted by atomic mass is 9.78. The average molecular weight is 374 g/mol. The van der Waals surface area contributed by atoms with Crippen molar-refractivity contribution in [3.05, 3.63) is 71.4 Å². The second kappa shape index (κ2) is 6.62. The van der Waals surface area contributed by atoms with Crippen LogP contribution in [0.2, 0.25) is 0 Å². The molecule has 0 saturated heterocycles. The summed E-state index contributed by atoms with van der Waals surface area (Å²) < 4.78 is 2.39. The summed E-state index contributed by atoms with van der Waals surface area (Å²) in [6.45, 7) is 12.8. The minimum Gasteiger partial charge on any atom is -0.344 e. The Balaban J connectivity index is 1.88. The van der Waals surface area contributed by atoms with E-state index in [9.17, 15) is 0 Å². The Kier molecular flexibility index (Phi) is 4.49. The molecule has 28 heavy (non-hydrogen) atoms. The maximum absolute atomic E-state index is 2.57. The molecule has 0 unspecified atom stereocenters. The van der Waals surface area contributed by atoms with Crippen molar-refractivity contribution in [3.63, 3.8) is 0 Å². The van der Waals surface area contributed by atoms with Gasteiger partial charge in [-0.1, -0.05) is 63.6 Å². The molecule has 0 fully saturated rings. The van der Waals surface area contributed by atoms with Crippen molar-refractivity contribution in [2.45, 2.75) is 58.3 Å². The highest BCUT2D eigenvalue weighted by Crippen LogP contribution is 2.49. The van der Waals surface area contributed by atoms with Gasteiger partial charge in [-0.15, -0.1) is 0 Å². The lowest BCUT2D eigenvalue weighted by Crippen LogP contribution is -2.32. The van der Waals surface area contributed by atoms with Gasteiger partial charge in [-0.2, -0.15) is 4.58 Å². The SMILES string of the molecule is CCCCN1/C(=C/C2=[N+](C)c3ccccc3C2(C)C)C(C)(C)c2ccccc21. The summed E-state index contributed by atoms with van der Waals surface area (Å²) in [6, 6.07) is 17.8. The predicted molar refractivity (Wildman–Crippen MR) is 120 cm³/mol. The molecule has 0 spiro atoms. The fourth-order valence-corrected chi connectivity index (χ4v) is 5.05. The van der Waals surface area contributed by atoms with Gasteiger partial charge in [0.15, 0.2) is 5.71 Å². The summed E-state index contributed by atoms with van der Waals surface area (Å²) >= 11 is 0. The molecule has 2 nitrogen and oxygen atoms in total. The van der Waals surface area contributed by atoms with Gasteiger partial charge in [0.05, 0.1) is 5.41 Å². The van der Waals surface area contributed by atoms with E-state index in [4.69, 9.17) is 0 Å². The van der Waals surface area contributed by atoms with E-state index in [-0.39, 0.29) is 10.8 Å². The lowest BCUT2D eigenvalue weighted by molar-refractivity contribution is -0.401. The number of benzene rings is 2. The van der Waals surface area contributed by atoms with Gasteiger partial charge in [-0.3, -0.25) is 0 Å². The normalized spacial score (nSPS) is 20.6. The molecule has 2 aliphatic heterocycles. The summed E-state index contributed by atoms with van der Waals surface area (Å²) in [5.41, 5.74) is 8.36. The third-order valence-corrected chi connectivity index (χ3v) is 6.75. The summed E-state index contributed by atoms with van der Waals surface area (Å²) in [5, 5.41) is 0. The molecule has 2 aromatic rings. The fourth-order valence-electron chi connectivity index (χ4n) is 5.05. The van der Waals surface area contributed by atoms with E-state index in [1.807, 2.05) is 0 Å². The molecule has 0 aliphatic carbocycles. The molecule has 0 atom stereocenters. The van der Waals surface area contributed by atoms with Crippen LogP contribution in [0, 0.1) is 0 Å². The van der Waals surface area contributed by atoms with Crippen LogP contribution in [0.25, 0.3) is 0 Å². The third-order valence-electron chi connectivity index (χ3n) is 6.75. The monoisotopic (exact) mass is 373 g/mol. The van der Waals surface area contributed by atoms with Gasteiger partial charge >= 0.3 is 0 Å². The zero-order valence-corrected chi connectivity index (χ0v) is 18.2. The first-order chi connectivity index (χ1) is 13.3. The molecule has 2 heterocycles. The summed E-state index contributed by atoms with van der Waals surface area (Å²) in [6.07, 6.45) is 4.89. The topological polar surface area (TPSA) is 6.25 Å². The van der Waals surface area contributed by atoms with E-state index in [0.717, 1.165) is 6.54 Å². The Bertz CT molecular complexity index is 975. The van der Waals surface area contributed by atoms with Gasteiger partial charge in [0.1, 0.15) is 7.05 Å². The minimum absolute atomic E-state index is 0.000373. The zero-order valence-electron chi connectivity index (χ0n) is 18.2. The van der Waals surface area contributed by atoms with Crippen LogP contribution in [0.1, 0.15) is 58.6 Å². The fraction of sp³-hybridized carbons (Fsp3) is 0.423. The Labute approximate surface area is 170 Å². The number of nitrogens with zero attached hydrogens (tertiary/aromatic N) is 2. The summed E-state index contributed by atoms with van der Waals surface area (Å²) in [5.74, 6) is 0. The van der Waals surface area contributed by atoms with Crippen molar-refractivity contribution >= 4 is 17.1 Å². The Morgan fingerprint density at radius 1 is 0.893 bits per heavy atom. The van der Waals surface area contributed by atoms with Crippen molar-refractivity contribution in [1.82, 2.24) is 0 Å². The summed E-state index contributed by atoms with van der Waals surface area (Å²) in [4.78, 5) is 2.57. The van der Waals surface area contributed by atoms with Crippen LogP contribution in [-0.4, -0.2) is 23.9 Å². The second-order valence-electron chi connectivity index (χ2n) is 9.26. The Morgan fingerprint density at radius 2 is 1.54 bits per heavy atom. The van der Waals surface area contributed by atoms with Crippen LogP contribution >= 0.6 is 0 Å². The van der Waals surface area contributed by atoms with E-state index in [1.54, 1.807) is 0 Å². The predicted octanol–water partition coefficient (Wildman–Crippen LogP) is 6.17. The van der Waals surface area contributed by atoms with Gasteiger partial charge < -0.3 is 4.90 Å². The van der Waals surface area contributed by atoms with Gasteiger partial charge in [0.2, 0.25) is 5.69 Å². The molecule has 2 aliphatic rings. The first-order valence-corrected chi connectivity index (χ1v) is 10.6. The van der Waals surface area contributed by atoms with Crippen molar-refractivity contribution in [1.29, 1.82) is 0 Å². The van der Waals surface area contributed by atoms with Gasteiger partial charge in [-0.05, 0) is 31.9 Å². The number of para-hydroxylation sites is 2. The largest absolute Gasteiger partial charge is 0.344 e. The number of fused-ring (bicyclic) bond motifs is 2. The van der Waals surface area contributed by atoms with Gasteiger partial charge in [-0.25, -0.2) is 0 Å². The zero-order chi connectivity index (χ0) is 20.1. The van der Waals surface area contributed by atoms with Crippen molar-refractivity contribution in [2.75, 3.05) is 18.5 Å². The Morgan fingerprint density at radius 3 is 2.21 bits per heavy atom. The van der Waals surface area contributed by atoms with Crippen LogP contribution in [-0.2, 0) is 10.8 Å². The van der Waals surface area contributed by atoms with Crippen LogP contribution in [0.5, 0.6) is 0 Å². The molecule has 2 heteroatoms. The van der Waals surface area contributed by atoms with Crippen molar-refractivity contribution < 1.29 is 4.58 Å². The minimum atomic E-state index is -0.000373. The molecule has 0 radical (unpaired) electrons. The van der Waals surface area contributed by atoms with Crippen molar-refractivity contribution in [2.24, 2.45) is 0 Å². The number of hydrogen-bond donors (Lipinski definition) is 0. The number of allylic oxidation sites excluding steroid dienone is 2. The van der Waals surface area contributed by atoms with Crippen LogP contribution in [0.4, 0.5) is 11.4 Å². The maximum atomic E-state index is 2.57. The second-order valence-corrected chi connectivity index (χ2v) is 9.26. The van der Waals surface area contributed by atoms with E-state index in [0.29, 0.717) is 0 Å². The highest BCUT2D eigenvalue weighted by molar-refractivity contribution is 6.04.